The molecule has 1 amide bonds. The molecular formula is C12H11N3O3S. The Bertz CT molecular complexity index is 654. The molecule has 0 spiro atoms. The van der Waals surface area contributed by atoms with Crippen molar-refractivity contribution < 1.29 is 13.9 Å². The molecule has 0 aliphatic carbocycles. The van der Waals surface area contributed by atoms with Crippen LogP contribution in [0, 0.1) is 6.92 Å². The topological polar surface area (TPSA) is 90.4 Å². The van der Waals surface area contributed by atoms with Crippen LogP contribution in [0.3, 0.4) is 0 Å². The number of carbonyl (C=O) groups excluding carboxylic acids is 1. The number of amides is 1. The first-order valence-electron chi connectivity index (χ1n) is 5.58. The number of benzene rings is 1. The zero-order valence-corrected chi connectivity index (χ0v) is 10.9. The largest absolute Gasteiger partial charge is 0.482 e. The average Bonchev–Trinajstić information content (AvgIpc) is 2.76. The van der Waals surface area contributed by atoms with E-state index < -0.39 is 0 Å². The van der Waals surface area contributed by atoms with Gasteiger partial charge in [0.15, 0.2) is 6.61 Å². The van der Waals surface area contributed by atoms with E-state index in [9.17, 15) is 4.79 Å². The number of fused-ring (bicyclic) bond motifs is 1. The van der Waals surface area contributed by atoms with Crippen molar-refractivity contribution in [2.45, 2.75) is 17.0 Å². The standard InChI is InChI=1S/C12H11N3O3S/c1-6-4-18-12(14-6)19-10-3-8-9(2-7(10)13)17-5-11(16)15-8/h2-4H,5,13H2,1H3,(H,15,16). The molecule has 98 valence electrons. The van der Waals surface area contributed by atoms with Crippen LogP contribution >= 0.6 is 11.8 Å². The van der Waals surface area contributed by atoms with Crippen LogP contribution in [-0.2, 0) is 4.79 Å². The molecule has 0 unspecified atom stereocenters. The van der Waals surface area contributed by atoms with Crippen LogP contribution in [0.4, 0.5) is 11.4 Å². The third-order valence-electron chi connectivity index (χ3n) is 2.54. The van der Waals surface area contributed by atoms with E-state index in [0.717, 1.165) is 10.6 Å². The number of nitrogens with two attached hydrogens (primary N) is 1. The van der Waals surface area contributed by atoms with E-state index in [1.165, 1.54) is 11.8 Å². The fourth-order valence-corrected chi connectivity index (χ4v) is 2.51. The number of nitrogens with one attached hydrogen (secondary N) is 1. The smallest absolute Gasteiger partial charge is 0.262 e. The van der Waals surface area contributed by atoms with Gasteiger partial charge in [-0.2, -0.15) is 0 Å². The molecule has 7 heteroatoms. The van der Waals surface area contributed by atoms with Gasteiger partial charge < -0.3 is 20.2 Å². The maximum absolute atomic E-state index is 11.3. The summed E-state index contributed by atoms with van der Waals surface area (Å²) in [6.45, 7) is 1.86. The zero-order valence-electron chi connectivity index (χ0n) is 10.1. The maximum Gasteiger partial charge on any atom is 0.262 e. The van der Waals surface area contributed by atoms with Crippen LogP contribution in [0.1, 0.15) is 5.69 Å². The van der Waals surface area contributed by atoms with Crippen LogP contribution in [0.25, 0.3) is 0 Å². The number of carbonyl (C=O) groups is 1. The minimum atomic E-state index is -0.180. The highest BCUT2D eigenvalue weighted by molar-refractivity contribution is 7.99. The Hall–Kier alpha value is -2.15. The molecular weight excluding hydrogens is 266 g/mol. The first kappa shape index (κ1) is 11.9. The normalized spacial score (nSPS) is 13.6. The highest BCUT2D eigenvalue weighted by Gasteiger charge is 2.19. The van der Waals surface area contributed by atoms with Gasteiger partial charge in [-0.15, -0.1) is 0 Å². The van der Waals surface area contributed by atoms with Gasteiger partial charge in [-0.3, -0.25) is 4.79 Å². The fraction of sp³-hybridized carbons (Fsp3) is 0.167. The van der Waals surface area contributed by atoms with E-state index in [1.807, 2.05) is 6.92 Å². The van der Waals surface area contributed by atoms with Gasteiger partial charge in [-0.05, 0) is 24.8 Å². The first-order chi connectivity index (χ1) is 9.11. The summed E-state index contributed by atoms with van der Waals surface area (Å²) in [6.07, 6.45) is 1.57. The van der Waals surface area contributed by atoms with Crippen molar-refractivity contribution in [3.63, 3.8) is 0 Å². The number of anilines is 2. The molecule has 2 aromatic rings. The van der Waals surface area contributed by atoms with Crippen LogP contribution in [0.2, 0.25) is 0 Å². The molecule has 0 fully saturated rings. The second kappa shape index (κ2) is 4.51. The van der Waals surface area contributed by atoms with Gasteiger partial charge in [0.2, 0.25) is 0 Å². The highest BCUT2D eigenvalue weighted by atomic mass is 32.2. The third kappa shape index (κ3) is 2.37. The summed E-state index contributed by atoms with van der Waals surface area (Å²) in [5.41, 5.74) is 7.91. The summed E-state index contributed by atoms with van der Waals surface area (Å²) in [6, 6.07) is 3.44. The lowest BCUT2D eigenvalue weighted by atomic mass is 10.2. The molecule has 6 nitrogen and oxygen atoms in total. The molecule has 1 aliphatic heterocycles. The minimum Gasteiger partial charge on any atom is -0.482 e. The highest BCUT2D eigenvalue weighted by Crippen LogP contribution is 2.39. The van der Waals surface area contributed by atoms with Crippen LogP contribution in [0.15, 0.2) is 32.9 Å². The van der Waals surface area contributed by atoms with E-state index in [1.54, 1.807) is 18.4 Å². The number of nitrogen functional groups attached to an aromatic ring is 1. The molecule has 1 aliphatic rings. The second-order valence-electron chi connectivity index (χ2n) is 4.08. The van der Waals surface area contributed by atoms with Crippen molar-refractivity contribution in [2.75, 3.05) is 17.7 Å². The molecule has 1 aromatic heterocycles. The van der Waals surface area contributed by atoms with Gasteiger partial charge in [-0.1, -0.05) is 0 Å². The summed E-state index contributed by atoms with van der Waals surface area (Å²) in [5, 5.41) is 3.24. The lowest BCUT2D eigenvalue weighted by Gasteiger charge is -2.19. The van der Waals surface area contributed by atoms with Gasteiger partial charge in [-0.25, -0.2) is 4.98 Å². The van der Waals surface area contributed by atoms with Crippen LogP contribution in [0.5, 0.6) is 5.75 Å². The fourth-order valence-electron chi connectivity index (χ4n) is 1.68. The summed E-state index contributed by atoms with van der Waals surface area (Å²) in [5.74, 6) is 0.394. The van der Waals surface area contributed by atoms with Gasteiger partial charge in [0, 0.05) is 16.6 Å². The molecule has 3 N–H and O–H groups in total. The first-order valence-corrected chi connectivity index (χ1v) is 6.39. The maximum atomic E-state index is 11.3. The van der Waals surface area contributed by atoms with Gasteiger partial charge in [0.1, 0.15) is 12.0 Å². The number of ether oxygens (including phenoxy) is 1. The van der Waals surface area contributed by atoms with Crippen molar-refractivity contribution in [1.29, 1.82) is 0 Å². The number of oxazole rings is 1. The molecule has 0 atom stereocenters. The number of rotatable bonds is 2. The third-order valence-corrected chi connectivity index (χ3v) is 3.48. The van der Waals surface area contributed by atoms with Crippen LogP contribution in [-0.4, -0.2) is 17.5 Å². The van der Waals surface area contributed by atoms with E-state index in [0.29, 0.717) is 22.3 Å². The second-order valence-corrected chi connectivity index (χ2v) is 5.07. The Morgan fingerprint density at radius 1 is 1.47 bits per heavy atom. The van der Waals surface area contributed by atoms with Crippen molar-refractivity contribution in [3.05, 3.63) is 24.1 Å². The van der Waals surface area contributed by atoms with Crippen molar-refractivity contribution in [2.24, 2.45) is 0 Å². The molecule has 0 bridgehead atoms. The molecule has 19 heavy (non-hydrogen) atoms. The molecule has 3 rings (SSSR count). The predicted octanol–water partition coefficient (Wildman–Crippen LogP) is 2.05. The predicted molar refractivity (Wildman–Crippen MR) is 70.3 cm³/mol. The van der Waals surface area contributed by atoms with E-state index in [2.05, 4.69) is 10.3 Å². The van der Waals surface area contributed by atoms with Crippen LogP contribution < -0.4 is 15.8 Å². The Balaban J connectivity index is 1.93. The van der Waals surface area contributed by atoms with Crippen molar-refractivity contribution in [1.82, 2.24) is 4.98 Å². The van der Waals surface area contributed by atoms with E-state index in [4.69, 9.17) is 14.9 Å². The Kier molecular flexibility index (Phi) is 2.83. The summed E-state index contributed by atoms with van der Waals surface area (Å²) in [7, 11) is 0. The SMILES string of the molecule is Cc1coc(Sc2cc3c(cc2N)OCC(=O)N3)n1. The molecule has 0 radical (unpaired) electrons. The molecule has 0 saturated carbocycles. The molecule has 2 heterocycles. The van der Waals surface area contributed by atoms with Gasteiger partial charge in [0.25, 0.3) is 11.1 Å². The number of nitrogens with zero attached hydrogens (tertiary/aromatic N) is 1. The van der Waals surface area contributed by atoms with Crippen molar-refractivity contribution >= 4 is 29.0 Å². The Labute approximate surface area is 113 Å². The lowest BCUT2D eigenvalue weighted by molar-refractivity contribution is -0.118. The summed E-state index contributed by atoms with van der Waals surface area (Å²) in [4.78, 5) is 16.2. The zero-order chi connectivity index (χ0) is 13.4. The monoisotopic (exact) mass is 277 g/mol. The molecule has 0 saturated heterocycles. The Morgan fingerprint density at radius 2 is 2.32 bits per heavy atom. The minimum absolute atomic E-state index is 0.0118. The van der Waals surface area contributed by atoms with Gasteiger partial charge >= 0.3 is 0 Å². The summed E-state index contributed by atoms with van der Waals surface area (Å²) < 4.78 is 10.6. The average molecular weight is 277 g/mol. The molecule has 1 aromatic carbocycles. The quantitative estimate of drug-likeness (QED) is 0.816. The van der Waals surface area contributed by atoms with E-state index in [-0.39, 0.29) is 12.5 Å². The number of hydrogen-bond acceptors (Lipinski definition) is 6. The van der Waals surface area contributed by atoms with Gasteiger partial charge in [0.05, 0.1) is 11.4 Å². The summed E-state index contributed by atoms with van der Waals surface area (Å²) >= 11 is 1.30. The van der Waals surface area contributed by atoms with Crippen molar-refractivity contribution in [3.8, 4) is 5.75 Å². The lowest BCUT2D eigenvalue weighted by Crippen LogP contribution is -2.25. The van der Waals surface area contributed by atoms with E-state index >= 15 is 0 Å². The number of hydrogen-bond donors (Lipinski definition) is 2. The number of aryl methyl sites for hydroxylation is 1. The Morgan fingerprint density at radius 3 is 3.05 bits per heavy atom. The number of aromatic nitrogens is 1.